The van der Waals surface area contributed by atoms with Crippen LogP contribution in [0.5, 0.6) is 0 Å². The second-order valence-corrected chi connectivity index (χ2v) is 5.92. The molecule has 4 nitrogen and oxygen atoms in total. The summed E-state index contributed by atoms with van der Waals surface area (Å²) < 4.78 is 0. The third-order valence-corrected chi connectivity index (χ3v) is 3.77. The maximum absolute atomic E-state index is 4.64. The number of halogens is 1. The summed E-state index contributed by atoms with van der Waals surface area (Å²) in [6.45, 7) is 4.49. The number of hydrogen-bond donors (Lipinski definition) is 2. The molecule has 0 aliphatic heterocycles. The molecule has 0 aromatic heterocycles. The minimum absolute atomic E-state index is 0. The Bertz CT molecular complexity index is 624. The van der Waals surface area contributed by atoms with Gasteiger partial charge in [0.2, 0.25) is 0 Å². The van der Waals surface area contributed by atoms with Crippen LogP contribution in [0.1, 0.15) is 18.1 Å². The number of hydrogen-bond acceptors (Lipinski definition) is 2. The zero-order chi connectivity index (χ0) is 17.2. The number of nitrogens with zero attached hydrogens (tertiary/aromatic N) is 2. The Hall–Kier alpha value is -1.76. The molecule has 0 atom stereocenters. The van der Waals surface area contributed by atoms with E-state index in [1.54, 1.807) is 0 Å². The molecule has 0 spiro atoms. The SMILES string of the molecule is CCNC(=NCc1ccccc1)NCCc1ccc(N(C)C)cc1.I. The first kappa shape index (κ1) is 21.3. The summed E-state index contributed by atoms with van der Waals surface area (Å²) in [4.78, 5) is 6.75. The average Bonchev–Trinajstić information content (AvgIpc) is 2.61. The van der Waals surface area contributed by atoms with Gasteiger partial charge in [0.05, 0.1) is 6.54 Å². The minimum atomic E-state index is 0. The van der Waals surface area contributed by atoms with Crippen molar-refractivity contribution in [1.82, 2.24) is 10.6 Å². The van der Waals surface area contributed by atoms with Crippen LogP contribution in [0.2, 0.25) is 0 Å². The molecule has 0 amide bonds. The Morgan fingerprint density at radius 2 is 1.60 bits per heavy atom. The summed E-state index contributed by atoms with van der Waals surface area (Å²) in [5, 5.41) is 6.70. The molecule has 2 aromatic carbocycles. The molecule has 5 heteroatoms. The summed E-state index contributed by atoms with van der Waals surface area (Å²) >= 11 is 0. The van der Waals surface area contributed by atoms with Crippen LogP contribution in [0.3, 0.4) is 0 Å². The zero-order valence-corrected chi connectivity index (χ0v) is 17.7. The molecule has 2 N–H and O–H groups in total. The van der Waals surface area contributed by atoms with E-state index in [9.17, 15) is 0 Å². The van der Waals surface area contributed by atoms with E-state index in [1.807, 2.05) is 18.2 Å². The minimum Gasteiger partial charge on any atom is -0.378 e. The molecule has 0 saturated heterocycles. The quantitative estimate of drug-likeness (QED) is 0.383. The van der Waals surface area contributed by atoms with Crippen molar-refractivity contribution in [3.05, 3.63) is 65.7 Å². The van der Waals surface area contributed by atoms with Crippen molar-refractivity contribution in [2.24, 2.45) is 4.99 Å². The molecule has 2 aromatic rings. The molecule has 25 heavy (non-hydrogen) atoms. The topological polar surface area (TPSA) is 39.7 Å². The summed E-state index contributed by atoms with van der Waals surface area (Å²) in [5.74, 6) is 0.867. The van der Waals surface area contributed by atoms with Gasteiger partial charge in [0, 0.05) is 32.9 Å². The number of rotatable bonds is 7. The second kappa shape index (κ2) is 11.7. The lowest BCUT2D eigenvalue weighted by Gasteiger charge is -2.14. The van der Waals surface area contributed by atoms with Crippen LogP contribution in [-0.2, 0) is 13.0 Å². The maximum Gasteiger partial charge on any atom is 0.191 e. The van der Waals surface area contributed by atoms with E-state index in [1.165, 1.54) is 16.8 Å². The smallest absolute Gasteiger partial charge is 0.191 e. The third kappa shape index (κ3) is 7.77. The monoisotopic (exact) mass is 452 g/mol. The molecule has 0 radical (unpaired) electrons. The number of guanidine groups is 1. The second-order valence-electron chi connectivity index (χ2n) is 5.92. The van der Waals surface area contributed by atoms with Crippen LogP contribution in [0, 0.1) is 0 Å². The molecule has 0 heterocycles. The van der Waals surface area contributed by atoms with E-state index < -0.39 is 0 Å². The normalized spacial score (nSPS) is 10.8. The van der Waals surface area contributed by atoms with Crippen molar-refractivity contribution in [3.8, 4) is 0 Å². The number of nitrogens with one attached hydrogen (secondary N) is 2. The molecular formula is C20H29IN4. The maximum atomic E-state index is 4.64. The molecule has 136 valence electrons. The molecule has 0 fully saturated rings. The van der Waals surface area contributed by atoms with E-state index in [-0.39, 0.29) is 24.0 Å². The number of anilines is 1. The van der Waals surface area contributed by atoms with Gasteiger partial charge in [-0.3, -0.25) is 0 Å². The molecule has 0 aliphatic carbocycles. The lowest BCUT2D eigenvalue weighted by Crippen LogP contribution is -2.38. The summed E-state index contributed by atoms with van der Waals surface area (Å²) in [5.41, 5.74) is 3.77. The first-order chi connectivity index (χ1) is 11.7. The Labute approximate surface area is 168 Å². The number of aliphatic imine (C=N–C) groups is 1. The first-order valence-corrected chi connectivity index (χ1v) is 8.51. The highest BCUT2D eigenvalue weighted by Crippen LogP contribution is 2.12. The Balaban J connectivity index is 0.00000312. The summed E-state index contributed by atoms with van der Waals surface area (Å²) in [6, 6.07) is 19.0. The van der Waals surface area contributed by atoms with Crippen molar-refractivity contribution in [1.29, 1.82) is 0 Å². The fourth-order valence-electron chi connectivity index (χ4n) is 2.38. The van der Waals surface area contributed by atoms with Gasteiger partial charge in [0.15, 0.2) is 5.96 Å². The van der Waals surface area contributed by atoms with Crippen LogP contribution >= 0.6 is 24.0 Å². The van der Waals surface area contributed by atoms with Crippen molar-refractivity contribution >= 4 is 35.6 Å². The van der Waals surface area contributed by atoms with Gasteiger partial charge in [-0.05, 0) is 36.6 Å². The Morgan fingerprint density at radius 1 is 0.920 bits per heavy atom. The average molecular weight is 452 g/mol. The Morgan fingerprint density at radius 3 is 2.20 bits per heavy atom. The van der Waals surface area contributed by atoms with Gasteiger partial charge in [-0.25, -0.2) is 4.99 Å². The van der Waals surface area contributed by atoms with Crippen LogP contribution < -0.4 is 15.5 Å². The molecule has 0 unspecified atom stereocenters. The van der Waals surface area contributed by atoms with Crippen LogP contribution in [0.25, 0.3) is 0 Å². The van der Waals surface area contributed by atoms with Crippen LogP contribution in [0.4, 0.5) is 5.69 Å². The highest BCUT2D eigenvalue weighted by Gasteiger charge is 1.99. The molecule has 0 bridgehead atoms. The van der Waals surface area contributed by atoms with Gasteiger partial charge in [-0.2, -0.15) is 0 Å². The van der Waals surface area contributed by atoms with Gasteiger partial charge in [-0.1, -0.05) is 42.5 Å². The standard InChI is InChI=1S/C20H28N4.HI/c1-4-21-20(23-16-18-8-6-5-7-9-18)22-15-14-17-10-12-19(13-11-17)24(2)3;/h5-13H,4,14-16H2,1-3H3,(H2,21,22,23);1H. The predicted octanol–water partition coefficient (Wildman–Crippen LogP) is 3.67. The lowest BCUT2D eigenvalue weighted by atomic mass is 10.1. The van der Waals surface area contributed by atoms with E-state index in [2.05, 4.69) is 77.9 Å². The fraction of sp³-hybridized carbons (Fsp3) is 0.350. The largest absolute Gasteiger partial charge is 0.378 e. The Kier molecular flexibility index (Phi) is 9.99. The molecule has 0 aliphatic rings. The van der Waals surface area contributed by atoms with Gasteiger partial charge in [0.25, 0.3) is 0 Å². The third-order valence-electron chi connectivity index (χ3n) is 3.77. The number of benzene rings is 2. The first-order valence-electron chi connectivity index (χ1n) is 8.51. The molecular weight excluding hydrogens is 423 g/mol. The van der Waals surface area contributed by atoms with Crippen molar-refractivity contribution in [2.45, 2.75) is 19.9 Å². The van der Waals surface area contributed by atoms with Crippen molar-refractivity contribution in [3.63, 3.8) is 0 Å². The van der Waals surface area contributed by atoms with E-state index >= 15 is 0 Å². The van der Waals surface area contributed by atoms with Crippen LogP contribution in [-0.4, -0.2) is 33.1 Å². The van der Waals surface area contributed by atoms with Crippen molar-refractivity contribution in [2.75, 3.05) is 32.1 Å². The van der Waals surface area contributed by atoms with Crippen LogP contribution in [0.15, 0.2) is 59.6 Å². The summed E-state index contributed by atoms with van der Waals surface area (Å²) in [7, 11) is 4.12. The highest BCUT2D eigenvalue weighted by molar-refractivity contribution is 14.0. The van der Waals surface area contributed by atoms with Gasteiger partial charge < -0.3 is 15.5 Å². The molecule has 2 rings (SSSR count). The lowest BCUT2D eigenvalue weighted by molar-refractivity contribution is 0.799. The predicted molar refractivity (Wildman–Crippen MR) is 119 cm³/mol. The summed E-state index contributed by atoms with van der Waals surface area (Å²) in [6.07, 6.45) is 0.976. The molecule has 0 saturated carbocycles. The van der Waals surface area contributed by atoms with E-state index in [0.717, 1.165) is 25.5 Å². The van der Waals surface area contributed by atoms with Gasteiger partial charge in [0.1, 0.15) is 0 Å². The zero-order valence-electron chi connectivity index (χ0n) is 15.3. The fourth-order valence-corrected chi connectivity index (χ4v) is 2.38. The highest BCUT2D eigenvalue weighted by atomic mass is 127. The van der Waals surface area contributed by atoms with Crippen molar-refractivity contribution < 1.29 is 0 Å². The van der Waals surface area contributed by atoms with E-state index in [0.29, 0.717) is 6.54 Å². The van der Waals surface area contributed by atoms with E-state index in [4.69, 9.17) is 0 Å². The van der Waals surface area contributed by atoms with Gasteiger partial charge >= 0.3 is 0 Å². The van der Waals surface area contributed by atoms with Gasteiger partial charge in [-0.15, -0.1) is 24.0 Å².